The number of carboxylic acid groups (broad SMARTS) is 1. The summed E-state index contributed by atoms with van der Waals surface area (Å²) in [6.07, 6.45) is 3.19. The summed E-state index contributed by atoms with van der Waals surface area (Å²) in [5.74, 6) is -1.54. The number of hydrogen-bond acceptors (Lipinski definition) is 3. The predicted octanol–water partition coefficient (Wildman–Crippen LogP) is 3.30. The van der Waals surface area contributed by atoms with Gasteiger partial charge in [-0.1, -0.05) is 39.7 Å². The summed E-state index contributed by atoms with van der Waals surface area (Å²) in [5.41, 5.74) is 1.33. The van der Waals surface area contributed by atoms with Crippen molar-refractivity contribution in [1.29, 1.82) is 0 Å². The zero-order chi connectivity index (χ0) is 13.8. The quantitative estimate of drug-likeness (QED) is 0.927. The molecule has 0 spiro atoms. The van der Waals surface area contributed by atoms with E-state index >= 15 is 0 Å². The van der Waals surface area contributed by atoms with Crippen LogP contribution >= 0.6 is 27.5 Å². The Morgan fingerprint density at radius 1 is 1.26 bits per heavy atom. The highest BCUT2D eigenvalue weighted by Crippen LogP contribution is 2.22. The van der Waals surface area contributed by atoms with Gasteiger partial charge in [-0.2, -0.15) is 0 Å². The lowest BCUT2D eigenvalue weighted by molar-refractivity contribution is -0.138. The number of benzene rings is 1. The molecule has 0 aliphatic heterocycles. The first-order valence-electron chi connectivity index (χ1n) is 5.51. The molecule has 0 saturated carbocycles. The highest BCUT2D eigenvalue weighted by atomic mass is 79.9. The molecule has 0 amide bonds. The smallest absolute Gasteiger partial charge is 0.311 e. The van der Waals surface area contributed by atoms with E-state index in [-0.39, 0.29) is 6.42 Å². The molecular formula is C13H10BrClN2O2. The Bertz CT molecular complexity index is 572. The van der Waals surface area contributed by atoms with Crippen molar-refractivity contribution in [3.63, 3.8) is 0 Å². The number of carboxylic acids is 1. The monoisotopic (exact) mass is 340 g/mol. The maximum atomic E-state index is 11.4. The van der Waals surface area contributed by atoms with E-state index in [1.165, 1.54) is 12.4 Å². The van der Waals surface area contributed by atoms with Gasteiger partial charge in [0.15, 0.2) is 0 Å². The van der Waals surface area contributed by atoms with Gasteiger partial charge in [-0.25, -0.2) is 4.98 Å². The first-order valence-corrected chi connectivity index (χ1v) is 6.68. The molecule has 6 heteroatoms. The van der Waals surface area contributed by atoms with Crippen LogP contribution < -0.4 is 0 Å². The number of halogens is 2. The van der Waals surface area contributed by atoms with Crippen LogP contribution in [0.1, 0.15) is 17.2 Å². The van der Waals surface area contributed by atoms with Crippen LogP contribution in [0.4, 0.5) is 0 Å². The standard InChI is InChI=1S/C13H10BrClN2O2/c14-9-3-1-8(2-4-9)11(13(18)19)5-10-6-17-12(15)7-16-10/h1-4,6-7,11H,5H2,(H,18,19). The Labute approximate surface area is 123 Å². The Morgan fingerprint density at radius 3 is 2.47 bits per heavy atom. The summed E-state index contributed by atoms with van der Waals surface area (Å²) >= 11 is 8.97. The highest BCUT2D eigenvalue weighted by Gasteiger charge is 2.21. The average Bonchev–Trinajstić information content (AvgIpc) is 2.39. The van der Waals surface area contributed by atoms with Gasteiger partial charge in [-0.05, 0) is 17.7 Å². The minimum atomic E-state index is -0.890. The van der Waals surface area contributed by atoms with Gasteiger partial charge in [0.2, 0.25) is 0 Å². The topological polar surface area (TPSA) is 63.1 Å². The lowest BCUT2D eigenvalue weighted by Crippen LogP contribution is -2.15. The molecule has 1 atom stereocenters. The Kier molecular flexibility index (Phi) is 4.50. The fraction of sp³-hybridized carbons (Fsp3) is 0.154. The molecule has 0 bridgehead atoms. The van der Waals surface area contributed by atoms with E-state index in [1.807, 2.05) is 12.1 Å². The molecular weight excluding hydrogens is 332 g/mol. The summed E-state index contributed by atoms with van der Waals surface area (Å²) in [5, 5.41) is 9.62. The van der Waals surface area contributed by atoms with Crippen molar-refractivity contribution < 1.29 is 9.90 Å². The van der Waals surface area contributed by atoms with E-state index in [2.05, 4.69) is 25.9 Å². The Balaban J connectivity index is 2.23. The lowest BCUT2D eigenvalue weighted by Gasteiger charge is -2.12. The second-order valence-electron chi connectivity index (χ2n) is 3.98. The molecule has 0 saturated heterocycles. The van der Waals surface area contributed by atoms with Crippen LogP contribution in [-0.2, 0) is 11.2 Å². The van der Waals surface area contributed by atoms with E-state index in [4.69, 9.17) is 11.6 Å². The van der Waals surface area contributed by atoms with Gasteiger partial charge in [0.05, 0.1) is 24.0 Å². The number of hydrogen-bond donors (Lipinski definition) is 1. The molecule has 1 heterocycles. The molecule has 98 valence electrons. The number of aliphatic carboxylic acids is 1. The maximum Gasteiger partial charge on any atom is 0.311 e. The number of carbonyl (C=O) groups is 1. The van der Waals surface area contributed by atoms with E-state index in [0.717, 1.165) is 10.0 Å². The van der Waals surface area contributed by atoms with Crippen LogP contribution in [0, 0.1) is 0 Å². The second kappa shape index (κ2) is 6.12. The van der Waals surface area contributed by atoms with Crippen LogP contribution in [0.3, 0.4) is 0 Å². The Hall–Kier alpha value is -1.46. The molecule has 0 aliphatic rings. The Morgan fingerprint density at radius 2 is 1.95 bits per heavy atom. The minimum Gasteiger partial charge on any atom is -0.481 e. The SMILES string of the molecule is O=C(O)C(Cc1cnc(Cl)cn1)c1ccc(Br)cc1. The summed E-state index contributed by atoms with van der Waals surface area (Å²) in [6, 6.07) is 7.20. The van der Waals surface area contributed by atoms with Crippen LogP contribution in [0.5, 0.6) is 0 Å². The molecule has 0 radical (unpaired) electrons. The molecule has 1 aromatic heterocycles. The van der Waals surface area contributed by atoms with Crippen molar-refractivity contribution in [2.75, 3.05) is 0 Å². The zero-order valence-electron chi connectivity index (χ0n) is 9.75. The zero-order valence-corrected chi connectivity index (χ0v) is 12.1. The molecule has 0 fully saturated rings. The van der Waals surface area contributed by atoms with Crippen LogP contribution in [0.2, 0.25) is 5.15 Å². The van der Waals surface area contributed by atoms with Crippen molar-refractivity contribution in [3.8, 4) is 0 Å². The fourth-order valence-corrected chi connectivity index (χ4v) is 2.06. The van der Waals surface area contributed by atoms with Crippen LogP contribution in [0.15, 0.2) is 41.1 Å². The third kappa shape index (κ3) is 3.75. The fourth-order valence-electron chi connectivity index (χ4n) is 1.70. The van der Waals surface area contributed by atoms with Gasteiger partial charge in [-0.15, -0.1) is 0 Å². The third-order valence-corrected chi connectivity index (χ3v) is 3.38. The average molecular weight is 342 g/mol. The van der Waals surface area contributed by atoms with Crippen molar-refractivity contribution in [2.24, 2.45) is 0 Å². The molecule has 2 aromatic rings. The van der Waals surface area contributed by atoms with E-state index < -0.39 is 11.9 Å². The molecule has 4 nitrogen and oxygen atoms in total. The normalized spacial score (nSPS) is 12.1. The third-order valence-electron chi connectivity index (χ3n) is 2.66. The van der Waals surface area contributed by atoms with Crippen molar-refractivity contribution in [2.45, 2.75) is 12.3 Å². The van der Waals surface area contributed by atoms with Crippen molar-refractivity contribution in [3.05, 3.63) is 57.5 Å². The van der Waals surface area contributed by atoms with Crippen molar-refractivity contribution in [1.82, 2.24) is 9.97 Å². The van der Waals surface area contributed by atoms with Gasteiger partial charge in [-0.3, -0.25) is 9.78 Å². The highest BCUT2D eigenvalue weighted by molar-refractivity contribution is 9.10. The maximum absolute atomic E-state index is 11.4. The van der Waals surface area contributed by atoms with Gasteiger partial charge >= 0.3 is 5.97 Å². The van der Waals surface area contributed by atoms with Gasteiger partial charge in [0.1, 0.15) is 5.15 Å². The minimum absolute atomic E-state index is 0.279. The summed E-state index contributed by atoms with van der Waals surface area (Å²) in [7, 11) is 0. The predicted molar refractivity (Wildman–Crippen MR) is 75.3 cm³/mol. The largest absolute Gasteiger partial charge is 0.481 e. The molecule has 2 rings (SSSR count). The summed E-state index contributed by atoms with van der Waals surface area (Å²) in [4.78, 5) is 19.3. The molecule has 0 aliphatic carbocycles. The van der Waals surface area contributed by atoms with Crippen LogP contribution in [-0.4, -0.2) is 21.0 Å². The van der Waals surface area contributed by atoms with Gasteiger partial charge < -0.3 is 5.11 Å². The number of nitrogens with zero attached hydrogens (tertiary/aromatic N) is 2. The van der Waals surface area contributed by atoms with Gasteiger partial charge in [0.25, 0.3) is 0 Å². The van der Waals surface area contributed by atoms with E-state index in [1.54, 1.807) is 12.1 Å². The number of rotatable bonds is 4. The van der Waals surface area contributed by atoms with Crippen LogP contribution in [0.25, 0.3) is 0 Å². The lowest BCUT2D eigenvalue weighted by atomic mass is 9.94. The van der Waals surface area contributed by atoms with E-state index in [0.29, 0.717) is 10.8 Å². The van der Waals surface area contributed by atoms with E-state index in [9.17, 15) is 9.90 Å². The molecule has 19 heavy (non-hydrogen) atoms. The van der Waals surface area contributed by atoms with Gasteiger partial charge in [0, 0.05) is 10.9 Å². The summed E-state index contributed by atoms with van der Waals surface area (Å²) in [6.45, 7) is 0. The van der Waals surface area contributed by atoms with Crippen molar-refractivity contribution >= 4 is 33.5 Å². The second-order valence-corrected chi connectivity index (χ2v) is 5.28. The molecule has 1 unspecified atom stereocenters. The first kappa shape index (κ1) is 14.0. The molecule has 1 aromatic carbocycles. The first-order chi connectivity index (χ1) is 9.06. The number of aromatic nitrogens is 2. The molecule has 1 N–H and O–H groups in total. The summed E-state index contributed by atoms with van der Waals surface area (Å²) < 4.78 is 0.909.